The van der Waals surface area contributed by atoms with Gasteiger partial charge in [-0.1, -0.05) is 18.9 Å². The van der Waals surface area contributed by atoms with Gasteiger partial charge in [-0.2, -0.15) is 13.2 Å². The Morgan fingerprint density at radius 2 is 2.00 bits per heavy atom. The molecule has 2 amide bonds. The van der Waals surface area contributed by atoms with Crippen LogP contribution in [0.25, 0.3) is 0 Å². The van der Waals surface area contributed by atoms with Gasteiger partial charge >= 0.3 is 12.2 Å². The number of nitrogens with zero attached hydrogens (tertiary/aromatic N) is 1. The van der Waals surface area contributed by atoms with E-state index in [0.717, 1.165) is 18.4 Å². The van der Waals surface area contributed by atoms with Crippen molar-refractivity contribution >= 4 is 6.03 Å². The van der Waals surface area contributed by atoms with Crippen LogP contribution in [0, 0.1) is 5.92 Å². The first-order chi connectivity index (χ1) is 10.4. The van der Waals surface area contributed by atoms with E-state index in [0.29, 0.717) is 12.8 Å². The fourth-order valence-corrected chi connectivity index (χ4v) is 2.85. The van der Waals surface area contributed by atoms with Gasteiger partial charge in [0.1, 0.15) is 6.04 Å². The Kier molecular flexibility index (Phi) is 5.26. The van der Waals surface area contributed by atoms with E-state index in [1.165, 1.54) is 0 Å². The Morgan fingerprint density at radius 1 is 1.32 bits per heavy atom. The van der Waals surface area contributed by atoms with Gasteiger partial charge in [0.2, 0.25) is 0 Å². The summed E-state index contributed by atoms with van der Waals surface area (Å²) in [6, 6.07) is 0.478. The molecule has 1 aromatic heterocycles. The Balaban J connectivity index is 1.96. The molecule has 22 heavy (non-hydrogen) atoms. The van der Waals surface area contributed by atoms with Gasteiger partial charge in [0.25, 0.3) is 0 Å². The van der Waals surface area contributed by atoms with Crippen LogP contribution in [-0.2, 0) is 0 Å². The third-order valence-corrected chi connectivity index (χ3v) is 4.04. The Labute approximate surface area is 127 Å². The highest BCUT2D eigenvalue weighted by Crippen LogP contribution is 2.35. The van der Waals surface area contributed by atoms with E-state index in [4.69, 9.17) is 0 Å². The number of pyridine rings is 1. The molecule has 0 saturated heterocycles. The second kappa shape index (κ2) is 6.98. The van der Waals surface area contributed by atoms with Gasteiger partial charge < -0.3 is 10.6 Å². The predicted octanol–water partition coefficient (Wildman–Crippen LogP) is 3.56. The summed E-state index contributed by atoms with van der Waals surface area (Å²) >= 11 is 0. The van der Waals surface area contributed by atoms with Crippen LogP contribution < -0.4 is 10.6 Å². The maximum Gasteiger partial charge on any atom is 0.408 e. The maximum atomic E-state index is 13.1. The lowest BCUT2D eigenvalue weighted by Gasteiger charge is -2.27. The number of carbonyl (C=O) groups excluding carboxylic acids is 1. The molecule has 0 spiro atoms. The Bertz CT molecular complexity index is 487. The molecule has 1 heterocycles. The molecule has 2 rings (SSSR count). The number of rotatable bonds is 4. The third-order valence-electron chi connectivity index (χ3n) is 4.04. The normalized spacial score (nSPS) is 18.7. The smallest absolute Gasteiger partial charge is 0.332 e. The van der Waals surface area contributed by atoms with Gasteiger partial charge in [-0.3, -0.25) is 4.98 Å². The molecule has 122 valence electrons. The maximum absolute atomic E-state index is 13.1. The summed E-state index contributed by atoms with van der Waals surface area (Å²) in [5.41, 5.74) is 0.738. The highest BCUT2D eigenvalue weighted by atomic mass is 19.4. The van der Waals surface area contributed by atoms with E-state index in [9.17, 15) is 18.0 Å². The molecule has 0 unspecified atom stereocenters. The fraction of sp³-hybridized carbons (Fsp3) is 0.600. The van der Waals surface area contributed by atoms with Crippen LogP contribution in [0.4, 0.5) is 18.0 Å². The summed E-state index contributed by atoms with van der Waals surface area (Å²) in [6.45, 7) is 1.70. The van der Waals surface area contributed by atoms with Gasteiger partial charge in [0, 0.05) is 12.4 Å². The van der Waals surface area contributed by atoms with Crippen LogP contribution in [0.15, 0.2) is 24.5 Å². The van der Waals surface area contributed by atoms with Gasteiger partial charge in [-0.15, -0.1) is 0 Å². The van der Waals surface area contributed by atoms with Crippen molar-refractivity contribution in [1.82, 2.24) is 15.6 Å². The van der Waals surface area contributed by atoms with Crippen molar-refractivity contribution in [3.63, 3.8) is 0 Å². The molecule has 2 atom stereocenters. The number of hydrogen-bond donors (Lipinski definition) is 2. The summed E-state index contributed by atoms with van der Waals surface area (Å²) in [5.74, 6) is -0.528. The van der Waals surface area contributed by atoms with Crippen molar-refractivity contribution in [2.75, 3.05) is 0 Å². The zero-order valence-corrected chi connectivity index (χ0v) is 12.4. The molecule has 7 heteroatoms. The molecule has 1 aliphatic carbocycles. The van der Waals surface area contributed by atoms with Crippen LogP contribution in [0.3, 0.4) is 0 Å². The minimum Gasteiger partial charge on any atom is -0.332 e. The number of halogens is 3. The minimum absolute atomic E-state index is 0.411. The van der Waals surface area contributed by atoms with Gasteiger partial charge in [-0.05, 0) is 37.3 Å². The van der Waals surface area contributed by atoms with Gasteiger partial charge in [0.05, 0.1) is 6.04 Å². The van der Waals surface area contributed by atoms with Crippen molar-refractivity contribution < 1.29 is 18.0 Å². The first kappa shape index (κ1) is 16.6. The summed E-state index contributed by atoms with van der Waals surface area (Å²) in [6.07, 6.45) is 1.31. The lowest BCUT2D eigenvalue weighted by Crippen LogP contribution is -2.52. The molecule has 0 radical (unpaired) electrons. The van der Waals surface area contributed by atoms with Crippen LogP contribution in [0.2, 0.25) is 0 Å². The summed E-state index contributed by atoms with van der Waals surface area (Å²) in [7, 11) is 0. The summed E-state index contributed by atoms with van der Waals surface area (Å²) in [4.78, 5) is 15.8. The number of alkyl halides is 3. The molecular weight excluding hydrogens is 295 g/mol. The first-order valence-electron chi connectivity index (χ1n) is 7.41. The monoisotopic (exact) mass is 315 g/mol. The van der Waals surface area contributed by atoms with E-state index >= 15 is 0 Å². The van der Waals surface area contributed by atoms with Crippen molar-refractivity contribution in [3.8, 4) is 0 Å². The molecule has 1 fully saturated rings. The zero-order chi connectivity index (χ0) is 16.2. The summed E-state index contributed by atoms with van der Waals surface area (Å²) < 4.78 is 39.4. The number of urea groups is 1. The number of nitrogens with one attached hydrogen (secondary N) is 2. The van der Waals surface area contributed by atoms with E-state index in [-0.39, 0.29) is 0 Å². The SMILES string of the molecule is C[C@H](NC(=O)N[C@H](C1CCCC1)C(F)(F)F)c1cccnc1. The van der Waals surface area contributed by atoms with E-state index in [1.54, 1.807) is 31.5 Å². The first-order valence-corrected chi connectivity index (χ1v) is 7.41. The molecule has 2 N–H and O–H groups in total. The summed E-state index contributed by atoms with van der Waals surface area (Å²) in [5, 5.41) is 4.64. The molecule has 0 bridgehead atoms. The van der Waals surface area contributed by atoms with Crippen molar-refractivity contribution in [1.29, 1.82) is 0 Å². The van der Waals surface area contributed by atoms with Gasteiger partial charge in [-0.25, -0.2) is 4.79 Å². The average Bonchev–Trinajstić information content (AvgIpc) is 2.98. The second-order valence-electron chi connectivity index (χ2n) is 5.69. The van der Waals surface area contributed by atoms with E-state index in [2.05, 4.69) is 15.6 Å². The molecule has 0 aliphatic heterocycles. The largest absolute Gasteiger partial charge is 0.408 e. The van der Waals surface area contributed by atoms with Crippen LogP contribution in [0.1, 0.15) is 44.2 Å². The highest BCUT2D eigenvalue weighted by molar-refractivity contribution is 5.74. The third kappa shape index (κ3) is 4.35. The van der Waals surface area contributed by atoms with Crippen LogP contribution in [-0.4, -0.2) is 23.2 Å². The minimum atomic E-state index is -4.43. The lowest BCUT2D eigenvalue weighted by atomic mass is 9.98. The Morgan fingerprint density at radius 3 is 2.55 bits per heavy atom. The molecular formula is C15H20F3N3O. The van der Waals surface area contributed by atoms with Crippen LogP contribution in [0.5, 0.6) is 0 Å². The highest BCUT2D eigenvalue weighted by Gasteiger charge is 2.46. The lowest BCUT2D eigenvalue weighted by molar-refractivity contribution is -0.164. The fourth-order valence-electron chi connectivity index (χ4n) is 2.85. The molecule has 4 nitrogen and oxygen atoms in total. The Hall–Kier alpha value is -1.79. The zero-order valence-electron chi connectivity index (χ0n) is 12.4. The molecule has 1 aromatic rings. The van der Waals surface area contributed by atoms with Crippen LogP contribution >= 0.6 is 0 Å². The molecule has 1 saturated carbocycles. The van der Waals surface area contributed by atoms with Crippen molar-refractivity contribution in [2.24, 2.45) is 5.92 Å². The van der Waals surface area contributed by atoms with Crippen molar-refractivity contribution in [2.45, 2.75) is 50.9 Å². The number of hydrogen-bond acceptors (Lipinski definition) is 2. The predicted molar refractivity (Wildman–Crippen MR) is 76.1 cm³/mol. The number of amides is 2. The molecule has 1 aliphatic rings. The quantitative estimate of drug-likeness (QED) is 0.892. The second-order valence-corrected chi connectivity index (χ2v) is 5.69. The van der Waals surface area contributed by atoms with Crippen molar-refractivity contribution in [3.05, 3.63) is 30.1 Å². The topological polar surface area (TPSA) is 54.0 Å². The molecule has 0 aromatic carbocycles. The number of aromatic nitrogens is 1. The van der Waals surface area contributed by atoms with E-state index < -0.39 is 30.2 Å². The number of carbonyl (C=O) groups is 1. The standard InChI is InChI=1S/C15H20F3N3O/c1-10(12-7-4-8-19-9-12)20-14(22)21-13(15(16,17)18)11-5-2-3-6-11/h4,7-11,13H,2-3,5-6H2,1H3,(H2,20,21,22)/t10-,13+/m0/s1. The van der Waals surface area contributed by atoms with E-state index in [1.807, 2.05) is 0 Å². The average molecular weight is 315 g/mol. The van der Waals surface area contributed by atoms with Gasteiger partial charge in [0.15, 0.2) is 0 Å².